The van der Waals surface area contributed by atoms with Crippen molar-refractivity contribution in [2.75, 3.05) is 0 Å². The Morgan fingerprint density at radius 1 is 1.42 bits per heavy atom. The van der Waals surface area contributed by atoms with Crippen molar-refractivity contribution < 1.29 is 0 Å². The van der Waals surface area contributed by atoms with Crippen LogP contribution in [0.2, 0.25) is 5.02 Å². The van der Waals surface area contributed by atoms with Crippen molar-refractivity contribution in [1.82, 2.24) is 0 Å². The number of benzene rings is 1. The van der Waals surface area contributed by atoms with Crippen LogP contribution in [0.25, 0.3) is 0 Å². The molecule has 1 aromatic carbocycles. The van der Waals surface area contributed by atoms with Gasteiger partial charge in [-0.2, -0.15) is 0 Å². The second-order valence-corrected chi connectivity index (χ2v) is 3.74. The zero-order valence-electron chi connectivity index (χ0n) is 7.02. The highest BCUT2D eigenvalue weighted by Crippen LogP contribution is 2.43. The van der Waals surface area contributed by atoms with E-state index in [1.165, 1.54) is 24.0 Å². The summed E-state index contributed by atoms with van der Waals surface area (Å²) in [5, 5.41) is 0.884. The molecular weight excluding hydrogens is 168 g/mol. The number of hydrogen-bond donors (Lipinski definition) is 0. The van der Waals surface area contributed by atoms with E-state index in [2.05, 4.69) is 13.0 Å². The predicted octanol–water partition coefficient (Wildman–Crippen LogP) is 3.59. The molecule has 0 aromatic heterocycles. The molecule has 1 aliphatic rings. The third-order valence-electron chi connectivity index (χ3n) is 2.42. The summed E-state index contributed by atoms with van der Waals surface area (Å²) in [7, 11) is 0. The van der Waals surface area contributed by atoms with Gasteiger partial charge in [-0.25, -0.2) is 0 Å². The summed E-state index contributed by atoms with van der Waals surface area (Å²) < 4.78 is 0. The molecule has 0 aliphatic heterocycles. The number of hydrogen-bond acceptors (Lipinski definition) is 0. The van der Waals surface area contributed by atoms with Crippen LogP contribution in [0.1, 0.15) is 29.9 Å². The van der Waals surface area contributed by atoms with E-state index in [0.29, 0.717) is 0 Å². The summed E-state index contributed by atoms with van der Waals surface area (Å²) in [6.07, 6.45) is 3.46. The Hall–Kier alpha value is -0.490. The fourth-order valence-corrected chi connectivity index (χ4v) is 1.89. The van der Waals surface area contributed by atoms with E-state index in [0.717, 1.165) is 17.4 Å². The van der Waals surface area contributed by atoms with Gasteiger partial charge in [0.1, 0.15) is 0 Å². The molecule has 0 atom stereocenters. The maximum Gasteiger partial charge on any atom is 0.0440 e. The van der Waals surface area contributed by atoms with Crippen molar-refractivity contribution >= 4 is 11.6 Å². The van der Waals surface area contributed by atoms with Crippen LogP contribution in [0.15, 0.2) is 18.2 Å². The van der Waals surface area contributed by atoms with Gasteiger partial charge in [-0.3, -0.25) is 0 Å². The van der Waals surface area contributed by atoms with Crippen molar-refractivity contribution in [3.8, 4) is 0 Å². The highest BCUT2D eigenvalue weighted by atomic mass is 35.5. The molecule has 1 aromatic rings. The average molecular weight is 180 g/mol. The topological polar surface area (TPSA) is 0 Å². The Kier molecular flexibility index (Phi) is 2.10. The predicted molar refractivity (Wildman–Crippen MR) is 52.5 cm³/mol. The van der Waals surface area contributed by atoms with E-state index < -0.39 is 0 Å². The molecule has 1 heteroatoms. The van der Waals surface area contributed by atoms with E-state index in [1.807, 2.05) is 12.1 Å². The molecule has 0 unspecified atom stereocenters. The Bertz CT molecular complexity index is 287. The Morgan fingerprint density at radius 3 is 2.75 bits per heavy atom. The molecule has 1 saturated carbocycles. The lowest BCUT2D eigenvalue weighted by molar-refractivity contribution is 1.07. The van der Waals surface area contributed by atoms with Crippen LogP contribution in [0.4, 0.5) is 0 Å². The minimum absolute atomic E-state index is 0.778. The second-order valence-electron chi connectivity index (χ2n) is 3.33. The van der Waals surface area contributed by atoms with Gasteiger partial charge < -0.3 is 0 Å². The van der Waals surface area contributed by atoms with Gasteiger partial charge in [-0.1, -0.05) is 23.7 Å². The quantitative estimate of drug-likeness (QED) is 0.651. The van der Waals surface area contributed by atoms with Crippen LogP contribution < -0.4 is 0 Å². The van der Waals surface area contributed by atoms with Gasteiger partial charge in [0.25, 0.3) is 0 Å². The first kappa shape index (κ1) is 8.12. The molecular formula is C11H12Cl. The molecule has 1 fully saturated rings. The van der Waals surface area contributed by atoms with Crippen molar-refractivity contribution in [2.24, 2.45) is 0 Å². The second kappa shape index (κ2) is 3.10. The molecule has 0 saturated heterocycles. The third-order valence-corrected chi connectivity index (χ3v) is 2.78. The maximum atomic E-state index is 6.06. The smallest absolute Gasteiger partial charge is 0.0440 e. The lowest BCUT2D eigenvalue weighted by atomic mass is 10.0. The first-order valence-electron chi connectivity index (χ1n) is 4.39. The van der Waals surface area contributed by atoms with Crippen LogP contribution in [0, 0.1) is 6.92 Å². The standard InChI is InChI=1S/C11H12Cl/c1-2-9-10(8-6-7-8)4-3-5-11(9)12/h3-5,8H,1-2,6-7H2. The summed E-state index contributed by atoms with van der Waals surface area (Å²) >= 11 is 6.06. The minimum atomic E-state index is 0.778. The zero-order valence-corrected chi connectivity index (χ0v) is 7.77. The molecule has 0 heterocycles. The van der Waals surface area contributed by atoms with Crippen LogP contribution in [0.3, 0.4) is 0 Å². The molecule has 0 amide bonds. The molecule has 0 nitrogen and oxygen atoms in total. The van der Waals surface area contributed by atoms with Gasteiger partial charge in [0.15, 0.2) is 0 Å². The maximum absolute atomic E-state index is 6.06. The summed E-state index contributed by atoms with van der Waals surface area (Å²) in [5.41, 5.74) is 2.68. The SMILES string of the molecule is [CH2]Cc1c(Cl)cccc1C1CC1. The van der Waals surface area contributed by atoms with Crippen molar-refractivity contribution in [3.63, 3.8) is 0 Å². The molecule has 1 radical (unpaired) electrons. The van der Waals surface area contributed by atoms with Crippen LogP contribution in [-0.2, 0) is 6.42 Å². The summed E-state index contributed by atoms with van der Waals surface area (Å²) in [6, 6.07) is 6.17. The molecule has 0 N–H and O–H groups in total. The summed E-state index contributed by atoms with van der Waals surface area (Å²) in [4.78, 5) is 0. The summed E-state index contributed by atoms with van der Waals surface area (Å²) in [5.74, 6) is 0.778. The van der Waals surface area contributed by atoms with Crippen molar-refractivity contribution in [2.45, 2.75) is 25.2 Å². The molecule has 0 spiro atoms. The highest BCUT2D eigenvalue weighted by Gasteiger charge is 2.25. The third kappa shape index (κ3) is 1.36. The molecule has 12 heavy (non-hydrogen) atoms. The van der Waals surface area contributed by atoms with Crippen LogP contribution >= 0.6 is 11.6 Å². The number of halogens is 1. The van der Waals surface area contributed by atoms with Gasteiger partial charge in [-0.05, 0) is 49.3 Å². The van der Waals surface area contributed by atoms with Crippen molar-refractivity contribution in [3.05, 3.63) is 41.3 Å². The molecule has 1 aliphatic carbocycles. The molecule has 63 valence electrons. The van der Waals surface area contributed by atoms with Gasteiger partial charge in [-0.15, -0.1) is 0 Å². The minimum Gasteiger partial charge on any atom is -0.0840 e. The number of rotatable bonds is 2. The van der Waals surface area contributed by atoms with E-state index in [9.17, 15) is 0 Å². The first-order valence-corrected chi connectivity index (χ1v) is 4.77. The van der Waals surface area contributed by atoms with Crippen molar-refractivity contribution in [1.29, 1.82) is 0 Å². The van der Waals surface area contributed by atoms with Gasteiger partial charge in [0.05, 0.1) is 0 Å². The van der Waals surface area contributed by atoms with Crippen LogP contribution in [-0.4, -0.2) is 0 Å². The fourth-order valence-electron chi connectivity index (χ4n) is 1.62. The first-order chi connectivity index (χ1) is 5.83. The van der Waals surface area contributed by atoms with Gasteiger partial charge in [0.2, 0.25) is 0 Å². The highest BCUT2D eigenvalue weighted by molar-refractivity contribution is 6.31. The van der Waals surface area contributed by atoms with Gasteiger partial charge in [0, 0.05) is 5.02 Å². The van der Waals surface area contributed by atoms with Crippen LogP contribution in [0.5, 0.6) is 0 Å². The van der Waals surface area contributed by atoms with E-state index in [1.54, 1.807) is 0 Å². The lowest BCUT2D eigenvalue weighted by Gasteiger charge is -2.07. The zero-order chi connectivity index (χ0) is 8.55. The Balaban J connectivity index is 2.43. The Morgan fingerprint density at radius 2 is 2.17 bits per heavy atom. The van der Waals surface area contributed by atoms with E-state index in [4.69, 9.17) is 11.6 Å². The fraction of sp³-hybridized carbons (Fsp3) is 0.364. The molecule has 0 bridgehead atoms. The Labute approximate surface area is 78.6 Å². The van der Waals surface area contributed by atoms with E-state index in [-0.39, 0.29) is 0 Å². The molecule has 2 rings (SSSR count). The lowest BCUT2D eigenvalue weighted by Crippen LogP contribution is -1.90. The average Bonchev–Trinajstić information content (AvgIpc) is 2.86. The summed E-state index contributed by atoms with van der Waals surface area (Å²) in [6.45, 7) is 3.90. The van der Waals surface area contributed by atoms with E-state index >= 15 is 0 Å². The monoisotopic (exact) mass is 179 g/mol. The largest absolute Gasteiger partial charge is 0.0840 e. The van der Waals surface area contributed by atoms with Gasteiger partial charge >= 0.3 is 0 Å². The normalized spacial score (nSPS) is 16.5.